The Kier molecular flexibility index (Phi) is 4.68. The maximum absolute atomic E-state index is 11.2. The van der Waals surface area contributed by atoms with Crippen LogP contribution in [0.4, 0.5) is 5.69 Å². The summed E-state index contributed by atoms with van der Waals surface area (Å²) >= 11 is 11.3. The van der Waals surface area contributed by atoms with Gasteiger partial charge >= 0.3 is 0 Å². The number of hydrogen-bond donors (Lipinski definition) is 0. The molecule has 0 saturated heterocycles. The van der Waals surface area contributed by atoms with Crippen LogP contribution in [0, 0.1) is 17.0 Å². The van der Waals surface area contributed by atoms with Crippen LogP contribution in [0.3, 0.4) is 0 Å². The van der Waals surface area contributed by atoms with Crippen molar-refractivity contribution >= 4 is 39.7 Å². The summed E-state index contributed by atoms with van der Waals surface area (Å²) in [6.07, 6.45) is 0.651. The van der Waals surface area contributed by atoms with Gasteiger partial charge in [0.1, 0.15) is 0 Å². The van der Waals surface area contributed by atoms with Crippen molar-refractivity contribution in [1.82, 2.24) is 5.01 Å². The fraction of sp³-hybridized carbons (Fsp3) is 0.263. The molecule has 0 saturated carbocycles. The minimum Gasteiger partial charge on any atom is -0.454 e. The average molecular weight is 418 g/mol. The van der Waals surface area contributed by atoms with E-state index in [2.05, 4.69) is 0 Å². The van der Waals surface area contributed by atoms with Gasteiger partial charge in [0.25, 0.3) is 5.69 Å². The molecule has 0 bridgehead atoms. The highest BCUT2D eigenvalue weighted by Gasteiger charge is 2.28. The Labute approximate surface area is 171 Å². The first-order chi connectivity index (χ1) is 13.3. The van der Waals surface area contributed by atoms with Crippen molar-refractivity contribution in [1.29, 1.82) is 0 Å². The number of aryl methyl sites for hydroxylation is 1. The highest BCUT2D eigenvalue weighted by molar-refractivity contribution is 7.83. The maximum atomic E-state index is 11.2. The highest BCUT2D eigenvalue weighted by atomic mass is 35.5. The van der Waals surface area contributed by atoms with Gasteiger partial charge in [-0.1, -0.05) is 11.6 Å². The molecule has 0 N–H and O–H groups in total. The van der Waals surface area contributed by atoms with Crippen molar-refractivity contribution in [2.75, 3.05) is 6.79 Å². The lowest BCUT2D eigenvalue weighted by Crippen LogP contribution is -2.31. The number of hydrogen-bond acceptors (Lipinski definition) is 6. The molecule has 2 aromatic rings. The van der Waals surface area contributed by atoms with Crippen LogP contribution in [0.2, 0.25) is 0 Å². The first-order valence-corrected chi connectivity index (χ1v) is 9.39. The molecule has 0 fully saturated rings. The number of rotatable bonds is 2. The van der Waals surface area contributed by atoms with Crippen LogP contribution in [0.5, 0.6) is 11.5 Å². The third-order valence-corrected chi connectivity index (χ3v) is 5.20. The van der Waals surface area contributed by atoms with Gasteiger partial charge in [0.15, 0.2) is 15.9 Å². The van der Waals surface area contributed by atoms with Crippen molar-refractivity contribution in [2.24, 2.45) is 5.10 Å². The van der Waals surface area contributed by atoms with E-state index >= 15 is 0 Å². The van der Waals surface area contributed by atoms with E-state index in [1.807, 2.05) is 19.1 Å². The third kappa shape index (κ3) is 3.18. The van der Waals surface area contributed by atoms with Crippen molar-refractivity contribution in [3.05, 3.63) is 62.7 Å². The van der Waals surface area contributed by atoms with Crippen LogP contribution in [-0.4, -0.2) is 32.9 Å². The van der Waals surface area contributed by atoms with Crippen LogP contribution in [-0.2, 0) is 6.42 Å². The summed E-state index contributed by atoms with van der Waals surface area (Å²) in [6.45, 7) is 3.86. The Hall–Kier alpha value is -2.71. The molecule has 0 spiro atoms. The number of nitro groups is 1. The number of hydrazone groups is 1. The average Bonchev–Trinajstić information content (AvgIpc) is 3.02. The molecule has 0 amide bonds. The number of thiocarbonyl (C=S) groups is 1. The van der Waals surface area contributed by atoms with Crippen LogP contribution in [0.15, 0.2) is 35.4 Å². The third-order valence-electron chi connectivity index (χ3n) is 4.84. The zero-order valence-corrected chi connectivity index (χ0v) is 16.7. The van der Waals surface area contributed by atoms with Gasteiger partial charge in [-0.3, -0.25) is 10.1 Å². The molecule has 1 atom stereocenters. The van der Waals surface area contributed by atoms with E-state index in [9.17, 15) is 10.1 Å². The SMILES string of the molecule is Cc1cc(C2=NN(C(=S)Cl)[C@H](C)Cc3cc4c(cc32)OCO4)ccc1[N+](=O)[O-]. The van der Waals surface area contributed by atoms with Gasteiger partial charge in [-0.2, -0.15) is 5.10 Å². The summed E-state index contributed by atoms with van der Waals surface area (Å²) in [4.78, 5) is 10.8. The number of nitrogens with zero attached hydrogens (tertiary/aromatic N) is 3. The highest BCUT2D eigenvalue weighted by Crippen LogP contribution is 2.38. The molecular formula is C19H16ClN3O4S. The van der Waals surface area contributed by atoms with Crippen molar-refractivity contribution in [3.8, 4) is 11.5 Å². The standard InChI is InChI=1S/C19H16ClN3O4S/c1-10-5-12(3-4-15(10)23(24)25)18-14-8-17-16(26-9-27-17)7-13(14)6-11(2)22(21-18)19(20)28/h3-5,7-8,11H,6,9H2,1-2H3/t11-/m1/s1. The Balaban J connectivity index is 1.92. The first-order valence-electron chi connectivity index (χ1n) is 8.60. The van der Waals surface area contributed by atoms with E-state index in [4.69, 9.17) is 38.4 Å². The number of nitro benzene ring substituents is 1. The zero-order valence-electron chi connectivity index (χ0n) is 15.1. The summed E-state index contributed by atoms with van der Waals surface area (Å²) < 4.78 is 11.2. The molecule has 9 heteroatoms. The summed E-state index contributed by atoms with van der Waals surface area (Å²) in [5.74, 6) is 1.33. The maximum Gasteiger partial charge on any atom is 0.272 e. The second-order valence-electron chi connectivity index (χ2n) is 6.72. The Morgan fingerprint density at radius 3 is 2.68 bits per heavy atom. The minimum absolute atomic E-state index is 0.0574. The number of fused-ring (bicyclic) bond motifs is 2. The molecule has 2 aliphatic heterocycles. The van der Waals surface area contributed by atoms with Crippen LogP contribution >= 0.6 is 23.8 Å². The molecule has 0 radical (unpaired) electrons. The smallest absolute Gasteiger partial charge is 0.272 e. The first kappa shape index (κ1) is 18.6. The van der Waals surface area contributed by atoms with Gasteiger partial charge in [-0.25, -0.2) is 5.01 Å². The molecule has 0 aromatic heterocycles. The van der Waals surface area contributed by atoms with Gasteiger partial charge in [-0.05, 0) is 62.3 Å². The molecule has 2 heterocycles. The molecule has 0 unspecified atom stereocenters. The van der Waals surface area contributed by atoms with Crippen molar-refractivity contribution in [3.63, 3.8) is 0 Å². The molecule has 0 aliphatic carbocycles. The molecule has 2 aromatic carbocycles. The predicted molar refractivity (Wildman–Crippen MR) is 109 cm³/mol. The lowest BCUT2D eigenvalue weighted by Gasteiger charge is -2.22. The van der Waals surface area contributed by atoms with Crippen LogP contribution < -0.4 is 9.47 Å². The summed E-state index contributed by atoms with van der Waals surface area (Å²) in [6, 6.07) is 8.68. The fourth-order valence-corrected chi connectivity index (χ4v) is 3.90. The Bertz CT molecular complexity index is 1040. The largest absolute Gasteiger partial charge is 0.454 e. The van der Waals surface area contributed by atoms with E-state index in [1.165, 1.54) is 6.07 Å². The summed E-state index contributed by atoms with van der Waals surface area (Å²) in [5, 5.41) is 17.5. The number of halogens is 1. The van der Waals surface area contributed by atoms with Crippen molar-refractivity contribution in [2.45, 2.75) is 26.3 Å². The van der Waals surface area contributed by atoms with Crippen LogP contribution in [0.1, 0.15) is 29.2 Å². The Morgan fingerprint density at radius 2 is 2.04 bits per heavy atom. The number of ether oxygens (including phenoxy) is 2. The monoisotopic (exact) mass is 417 g/mol. The zero-order chi connectivity index (χ0) is 20.0. The summed E-state index contributed by atoms with van der Waals surface area (Å²) in [5.41, 5.74) is 3.84. The fourth-order valence-electron chi connectivity index (χ4n) is 3.47. The normalized spacial score (nSPS) is 17.6. The van der Waals surface area contributed by atoms with Crippen LogP contribution in [0.25, 0.3) is 0 Å². The molecular weight excluding hydrogens is 402 g/mol. The van der Waals surface area contributed by atoms with Gasteiger partial charge in [0.05, 0.1) is 16.7 Å². The second kappa shape index (κ2) is 7.03. The molecule has 28 heavy (non-hydrogen) atoms. The van der Waals surface area contributed by atoms with Crippen molar-refractivity contribution < 1.29 is 14.4 Å². The quantitative estimate of drug-likeness (QED) is 0.240. The van der Waals surface area contributed by atoms with E-state index in [-0.39, 0.29) is 23.0 Å². The van der Waals surface area contributed by atoms with E-state index < -0.39 is 4.92 Å². The summed E-state index contributed by atoms with van der Waals surface area (Å²) in [7, 11) is 0. The molecule has 7 nitrogen and oxygen atoms in total. The van der Waals surface area contributed by atoms with Gasteiger partial charge < -0.3 is 9.47 Å². The lowest BCUT2D eigenvalue weighted by molar-refractivity contribution is -0.385. The number of benzene rings is 2. The Morgan fingerprint density at radius 1 is 1.32 bits per heavy atom. The molecule has 144 valence electrons. The molecule has 4 rings (SSSR count). The second-order valence-corrected chi connectivity index (χ2v) is 7.69. The lowest BCUT2D eigenvalue weighted by atomic mass is 9.93. The topological polar surface area (TPSA) is 77.2 Å². The minimum atomic E-state index is -0.401. The molecule has 2 aliphatic rings. The van der Waals surface area contributed by atoms with Gasteiger partial charge in [-0.15, -0.1) is 0 Å². The van der Waals surface area contributed by atoms with Gasteiger partial charge in [0, 0.05) is 22.8 Å². The van der Waals surface area contributed by atoms with Gasteiger partial charge in [0.2, 0.25) is 6.79 Å². The predicted octanol–water partition coefficient (Wildman–Crippen LogP) is 4.15. The van der Waals surface area contributed by atoms with E-state index in [0.29, 0.717) is 29.2 Å². The van der Waals surface area contributed by atoms with E-state index in [0.717, 1.165) is 16.7 Å². The van der Waals surface area contributed by atoms with E-state index in [1.54, 1.807) is 24.1 Å².